The first-order chi connectivity index (χ1) is 9.38. The molecule has 0 saturated carbocycles. The molecule has 2 aromatic carbocycles. The summed E-state index contributed by atoms with van der Waals surface area (Å²) in [4.78, 5) is 0. The molecule has 1 unspecified atom stereocenters. The summed E-state index contributed by atoms with van der Waals surface area (Å²) in [5, 5.41) is 0. The molecule has 2 nitrogen and oxygen atoms in total. The van der Waals surface area contributed by atoms with Crippen molar-refractivity contribution in [3.05, 3.63) is 71.8 Å². The number of hydrogen-bond donors (Lipinski definition) is 2. The molecule has 0 aromatic heterocycles. The predicted molar refractivity (Wildman–Crippen MR) is 80.6 cm³/mol. The van der Waals surface area contributed by atoms with Crippen molar-refractivity contribution in [3.8, 4) is 0 Å². The Labute approximate surface area is 115 Å². The SMILES string of the molecule is NNC(CCCc1ccccc1)Cc1ccccc1. The van der Waals surface area contributed by atoms with Gasteiger partial charge in [0.25, 0.3) is 0 Å². The van der Waals surface area contributed by atoms with Gasteiger partial charge in [0, 0.05) is 6.04 Å². The van der Waals surface area contributed by atoms with E-state index in [1.54, 1.807) is 0 Å². The molecule has 0 amide bonds. The van der Waals surface area contributed by atoms with Crippen LogP contribution in [0.3, 0.4) is 0 Å². The molecule has 0 bridgehead atoms. The van der Waals surface area contributed by atoms with E-state index in [1.165, 1.54) is 11.1 Å². The first-order valence-corrected chi connectivity index (χ1v) is 6.92. The van der Waals surface area contributed by atoms with E-state index in [9.17, 15) is 0 Å². The van der Waals surface area contributed by atoms with Gasteiger partial charge >= 0.3 is 0 Å². The van der Waals surface area contributed by atoms with Crippen LogP contribution in [-0.4, -0.2) is 6.04 Å². The maximum atomic E-state index is 5.65. The first kappa shape index (κ1) is 13.8. The van der Waals surface area contributed by atoms with Crippen LogP contribution in [0.25, 0.3) is 0 Å². The van der Waals surface area contributed by atoms with Crippen molar-refractivity contribution in [2.24, 2.45) is 5.84 Å². The second kappa shape index (κ2) is 7.72. The molecule has 0 aliphatic heterocycles. The second-order valence-corrected chi connectivity index (χ2v) is 4.93. The summed E-state index contributed by atoms with van der Waals surface area (Å²) in [6.45, 7) is 0. The van der Waals surface area contributed by atoms with Crippen LogP contribution in [0.2, 0.25) is 0 Å². The molecule has 19 heavy (non-hydrogen) atoms. The molecular formula is C17H22N2. The van der Waals surface area contributed by atoms with Crippen LogP contribution in [0.4, 0.5) is 0 Å². The third-order valence-electron chi connectivity index (χ3n) is 3.42. The fourth-order valence-electron chi connectivity index (χ4n) is 2.34. The molecule has 3 N–H and O–H groups in total. The Hall–Kier alpha value is -1.64. The van der Waals surface area contributed by atoms with E-state index in [0.717, 1.165) is 25.7 Å². The molecule has 0 saturated heterocycles. The monoisotopic (exact) mass is 254 g/mol. The minimum atomic E-state index is 0.353. The lowest BCUT2D eigenvalue weighted by molar-refractivity contribution is 0.476. The van der Waals surface area contributed by atoms with Gasteiger partial charge in [-0.15, -0.1) is 0 Å². The summed E-state index contributed by atoms with van der Waals surface area (Å²) in [6.07, 6.45) is 4.37. The number of hydrogen-bond acceptors (Lipinski definition) is 2. The lowest BCUT2D eigenvalue weighted by atomic mass is 10.00. The van der Waals surface area contributed by atoms with Crippen LogP contribution in [0.5, 0.6) is 0 Å². The van der Waals surface area contributed by atoms with E-state index in [0.29, 0.717) is 6.04 Å². The molecule has 2 heteroatoms. The van der Waals surface area contributed by atoms with Crippen molar-refractivity contribution in [3.63, 3.8) is 0 Å². The standard InChI is InChI=1S/C17H22N2/c18-19-17(14-16-10-5-2-6-11-16)13-7-12-15-8-3-1-4-9-15/h1-6,8-11,17,19H,7,12-14,18H2. The van der Waals surface area contributed by atoms with Gasteiger partial charge in [-0.1, -0.05) is 60.7 Å². The van der Waals surface area contributed by atoms with Crippen molar-refractivity contribution >= 4 is 0 Å². The molecule has 0 aliphatic rings. The fraction of sp³-hybridized carbons (Fsp3) is 0.294. The van der Waals surface area contributed by atoms with Crippen molar-refractivity contribution in [1.82, 2.24) is 5.43 Å². The van der Waals surface area contributed by atoms with Crippen molar-refractivity contribution in [2.45, 2.75) is 31.7 Å². The van der Waals surface area contributed by atoms with Crippen LogP contribution in [-0.2, 0) is 12.8 Å². The molecule has 0 heterocycles. The van der Waals surface area contributed by atoms with Crippen LogP contribution >= 0.6 is 0 Å². The van der Waals surface area contributed by atoms with Crippen LogP contribution in [0.1, 0.15) is 24.0 Å². The zero-order chi connectivity index (χ0) is 13.3. The van der Waals surface area contributed by atoms with Gasteiger partial charge in [-0.2, -0.15) is 0 Å². The Morgan fingerprint density at radius 1 is 0.842 bits per heavy atom. The third kappa shape index (κ3) is 4.86. The van der Waals surface area contributed by atoms with Crippen molar-refractivity contribution in [2.75, 3.05) is 0 Å². The quantitative estimate of drug-likeness (QED) is 0.588. The van der Waals surface area contributed by atoms with Crippen LogP contribution in [0, 0.1) is 0 Å². The Bertz CT molecular complexity index is 453. The lowest BCUT2D eigenvalue weighted by Crippen LogP contribution is -2.36. The Morgan fingerprint density at radius 2 is 1.42 bits per heavy atom. The van der Waals surface area contributed by atoms with Crippen molar-refractivity contribution < 1.29 is 0 Å². The summed E-state index contributed by atoms with van der Waals surface area (Å²) < 4.78 is 0. The van der Waals surface area contributed by atoms with E-state index in [1.807, 2.05) is 6.07 Å². The minimum Gasteiger partial charge on any atom is -0.271 e. The van der Waals surface area contributed by atoms with Crippen molar-refractivity contribution in [1.29, 1.82) is 0 Å². The highest BCUT2D eigenvalue weighted by atomic mass is 15.2. The number of benzene rings is 2. The van der Waals surface area contributed by atoms with E-state index < -0.39 is 0 Å². The zero-order valence-corrected chi connectivity index (χ0v) is 11.3. The number of nitrogens with one attached hydrogen (secondary N) is 1. The fourth-order valence-corrected chi connectivity index (χ4v) is 2.34. The maximum absolute atomic E-state index is 5.65. The van der Waals surface area contributed by atoms with Gasteiger partial charge in [-0.3, -0.25) is 11.3 Å². The molecule has 1 atom stereocenters. The largest absolute Gasteiger partial charge is 0.271 e. The minimum absolute atomic E-state index is 0.353. The topological polar surface area (TPSA) is 38.0 Å². The average molecular weight is 254 g/mol. The highest BCUT2D eigenvalue weighted by Crippen LogP contribution is 2.10. The summed E-state index contributed by atoms with van der Waals surface area (Å²) in [5.74, 6) is 5.65. The molecule has 0 spiro atoms. The second-order valence-electron chi connectivity index (χ2n) is 4.93. The summed E-state index contributed by atoms with van der Waals surface area (Å²) >= 11 is 0. The first-order valence-electron chi connectivity index (χ1n) is 6.92. The van der Waals surface area contributed by atoms with Crippen LogP contribution in [0.15, 0.2) is 60.7 Å². The van der Waals surface area contributed by atoms with E-state index in [-0.39, 0.29) is 0 Å². The zero-order valence-electron chi connectivity index (χ0n) is 11.3. The van der Waals surface area contributed by atoms with Gasteiger partial charge < -0.3 is 0 Å². The average Bonchev–Trinajstić information content (AvgIpc) is 2.48. The highest BCUT2D eigenvalue weighted by Gasteiger charge is 2.07. The van der Waals surface area contributed by atoms with Gasteiger partial charge in [0.05, 0.1) is 0 Å². The third-order valence-corrected chi connectivity index (χ3v) is 3.42. The molecular weight excluding hydrogens is 232 g/mol. The number of nitrogens with two attached hydrogens (primary N) is 1. The van der Waals surface area contributed by atoms with Gasteiger partial charge in [0.2, 0.25) is 0 Å². The predicted octanol–water partition coefficient (Wildman–Crippen LogP) is 3.08. The Morgan fingerprint density at radius 3 is 2.00 bits per heavy atom. The molecule has 0 aliphatic carbocycles. The number of aryl methyl sites for hydroxylation is 1. The normalized spacial score (nSPS) is 12.3. The molecule has 2 rings (SSSR count). The molecule has 2 aromatic rings. The van der Waals surface area contributed by atoms with E-state index in [4.69, 9.17) is 5.84 Å². The van der Waals surface area contributed by atoms with E-state index in [2.05, 4.69) is 60.0 Å². The highest BCUT2D eigenvalue weighted by molar-refractivity contribution is 5.16. The molecule has 0 fully saturated rings. The van der Waals surface area contributed by atoms with Gasteiger partial charge in [-0.25, -0.2) is 0 Å². The van der Waals surface area contributed by atoms with Crippen LogP contribution < -0.4 is 11.3 Å². The van der Waals surface area contributed by atoms with Gasteiger partial charge in [0.1, 0.15) is 0 Å². The summed E-state index contributed by atoms with van der Waals surface area (Å²) in [5.41, 5.74) is 5.68. The Kier molecular flexibility index (Phi) is 5.60. The molecule has 100 valence electrons. The van der Waals surface area contributed by atoms with Gasteiger partial charge in [-0.05, 0) is 36.8 Å². The summed E-state index contributed by atoms with van der Waals surface area (Å²) in [7, 11) is 0. The Balaban J connectivity index is 1.77. The molecule has 0 radical (unpaired) electrons. The number of rotatable bonds is 7. The smallest absolute Gasteiger partial charge is 0.0251 e. The number of hydrazine groups is 1. The lowest BCUT2D eigenvalue weighted by Gasteiger charge is -2.15. The van der Waals surface area contributed by atoms with E-state index >= 15 is 0 Å². The summed E-state index contributed by atoms with van der Waals surface area (Å²) in [6, 6.07) is 21.5. The maximum Gasteiger partial charge on any atom is 0.0251 e. The van der Waals surface area contributed by atoms with Gasteiger partial charge in [0.15, 0.2) is 0 Å².